The van der Waals surface area contributed by atoms with Crippen LogP contribution in [-0.4, -0.2) is 47.3 Å². The fourth-order valence-electron chi connectivity index (χ4n) is 1.41. The molecule has 0 bridgehead atoms. The number of urea groups is 1. The molecular formula is C8H13N5O2. The molecule has 0 aromatic carbocycles. The molecule has 0 unspecified atom stereocenters. The predicted molar refractivity (Wildman–Crippen MR) is 51.0 cm³/mol. The number of carbonyl (C=O) groups excluding carboxylic acids is 1. The Balaban J connectivity index is 1.61. The number of aromatic nitrogens is 2. The van der Waals surface area contributed by atoms with Crippen LogP contribution in [0.1, 0.15) is 5.82 Å². The second-order valence-electron chi connectivity index (χ2n) is 3.24. The minimum Gasteiger partial charge on any atom is -0.343 e. The van der Waals surface area contributed by atoms with Crippen molar-refractivity contribution in [1.82, 2.24) is 25.7 Å². The summed E-state index contributed by atoms with van der Waals surface area (Å²) in [6, 6.07) is 0.0105. The van der Waals surface area contributed by atoms with Gasteiger partial charge in [-0.05, 0) is 0 Å². The third-order valence-corrected chi connectivity index (χ3v) is 2.19. The molecule has 15 heavy (non-hydrogen) atoms. The molecule has 1 aromatic heterocycles. The van der Waals surface area contributed by atoms with Crippen molar-refractivity contribution in [3.63, 3.8) is 0 Å². The molecular weight excluding hydrogens is 198 g/mol. The van der Waals surface area contributed by atoms with E-state index in [9.17, 15) is 4.79 Å². The zero-order valence-corrected chi connectivity index (χ0v) is 8.27. The van der Waals surface area contributed by atoms with Crippen molar-refractivity contribution in [2.45, 2.75) is 6.54 Å². The van der Waals surface area contributed by atoms with Crippen molar-refractivity contribution < 1.29 is 9.32 Å². The van der Waals surface area contributed by atoms with Gasteiger partial charge >= 0.3 is 6.03 Å². The lowest BCUT2D eigenvalue weighted by atomic mass is 10.5. The molecule has 0 aliphatic carbocycles. The van der Waals surface area contributed by atoms with Crippen LogP contribution in [-0.2, 0) is 6.54 Å². The Bertz CT molecular complexity index is 313. The van der Waals surface area contributed by atoms with Gasteiger partial charge in [-0.3, -0.25) is 0 Å². The average molecular weight is 211 g/mol. The van der Waals surface area contributed by atoms with Gasteiger partial charge in [-0.25, -0.2) is 4.79 Å². The summed E-state index contributed by atoms with van der Waals surface area (Å²) in [6.45, 7) is 3.50. The van der Waals surface area contributed by atoms with Gasteiger partial charge in [-0.15, -0.1) is 0 Å². The summed E-state index contributed by atoms with van der Waals surface area (Å²) in [5.41, 5.74) is 0. The van der Waals surface area contributed by atoms with Gasteiger partial charge < -0.3 is 20.1 Å². The van der Waals surface area contributed by atoms with Crippen LogP contribution >= 0.6 is 0 Å². The molecule has 7 heteroatoms. The molecule has 2 heterocycles. The third kappa shape index (κ3) is 2.66. The summed E-state index contributed by atoms with van der Waals surface area (Å²) in [5.74, 6) is 0.626. The topological polar surface area (TPSA) is 83.3 Å². The van der Waals surface area contributed by atoms with E-state index in [2.05, 4.69) is 25.3 Å². The van der Waals surface area contributed by atoms with Gasteiger partial charge in [0.05, 0.1) is 6.54 Å². The highest BCUT2D eigenvalue weighted by Crippen LogP contribution is 1.94. The molecule has 7 nitrogen and oxygen atoms in total. The maximum Gasteiger partial charge on any atom is 0.317 e. The summed E-state index contributed by atoms with van der Waals surface area (Å²) in [7, 11) is 0. The largest absolute Gasteiger partial charge is 0.343 e. The minimum atomic E-state index is 0.0105. The second kappa shape index (κ2) is 4.74. The van der Waals surface area contributed by atoms with Crippen molar-refractivity contribution in [3.05, 3.63) is 12.2 Å². The molecule has 0 atom stereocenters. The predicted octanol–water partition coefficient (Wildman–Crippen LogP) is -0.816. The van der Waals surface area contributed by atoms with Crippen LogP contribution in [0, 0.1) is 0 Å². The lowest BCUT2D eigenvalue weighted by Gasteiger charge is -2.13. The van der Waals surface area contributed by atoms with Crippen LogP contribution in [0.4, 0.5) is 4.79 Å². The lowest BCUT2D eigenvalue weighted by molar-refractivity contribution is 0.217. The fraction of sp³-hybridized carbons (Fsp3) is 0.625. The van der Waals surface area contributed by atoms with Crippen LogP contribution in [0.25, 0.3) is 0 Å². The number of amides is 2. The van der Waals surface area contributed by atoms with E-state index in [4.69, 9.17) is 0 Å². The SMILES string of the molecule is O=C1NCCN1CCNCc1ncon1. The van der Waals surface area contributed by atoms with Crippen molar-refractivity contribution in [2.24, 2.45) is 0 Å². The molecule has 1 saturated heterocycles. The molecule has 1 fully saturated rings. The molecule has 2 N–H and O–H groups in total. The van der Waals surface area contributed by atoms with E-state index < -0.39 is 0 Å². The quantitative estimate of drug-likeness (QED) is 0.622. The van der Waals surface area contributed by atoms with Crippen molar-refractivity contribution in [3.8, 4) is 0 Å². The monoisotopic (exact) mass is 211 g/mol. The normalized spacial score (nSPS) is 15.7. The van der Waals surface area contributed by atoms with E-state index >= 15 is 0 Å². The summed E-state index contributed by atoms with van der Waals surface area (Å²) >= 11 is 0. The smallest absolute Gasteiger partial charge is 0.317 e. The highest BCUT2D eigenvalue weighted by Gasteiger charge is 2.17. The lowest BCUT2D eigenvalue weighted by Crippen LogP contribution is -2.34. The zero-order chi connectivity index (χ0) is 10.5. The Kier molecular flexibility index (Phi) is 3.13. The Labute approximate surface area is 86.8 Å². The Morgan fingerprint density at radius 3 is 3.27 bits per heavy atom. The van der Waals surface area contributed by atoms with Crippen molar-refractivity contribution >= 4 is 6.03 Å². The van der Waals surface area contributed by atoms with Crippen LogP contribution < -0.4 is 10.6 Å². The number of nitrogens with zero attached hydrogens (tertiary/aromatic N) is 3. The zero-order valence-electron chi connectivity index (χ0n) is 8.27. The van der Waals surface area contributed by atoms with E-state index in [0.29, 0.717) is 18.9 Å². The Hall–Kier alpha value is -1.63. The maximum atomic E-state index is 11.1. The second-order valence-corrected chi connectivity index (χ2v) is 3.24. The van der Waals surface area contributed by atoms with Crippen LogP contribution in [0.2, 0.25) is 0 Å². The van der Waals surface area contributed by atoms with E-state index in [0.717, 1.165) is 19.6 Å². The van der Waals surface area contributed by atoms with E-state index in [1.165, 1.54) is 6.39 Å². The van der Waals surface area contributed by atoms with Crippen LogP contribution in [0.15, 0.2) is 10.9 Å². The molecule has 0 spiro atoms. The summed E-state index contributed by atoms with van der Waals surface area (Å²) in [4.78, 5) is 16.8. The van der Waals surface area contributed by atoms with Gasteiger partial charge in [0.1, 0.15) is 0 Å². The highest BCUT2D eigenvalue weighted by atomic mass is 16.5. The highest BCUT2D eigenvalue weighted by molar-refractivity contribution is 5.76. The number of rotatable bonds is 5. The first-order valence-corrected chi connectivity index (χ1v) is 4.85. The van der Waals surface area contributed by atoms with Gasteiger partial charge in [-0.1, -0.05) is 5.16 Å². The number of carbonyl (C=O) groups is 1. The van der Waals surface area contributed by atoms with Gasteiger partial charge in [0.2, 0.25) is 6.39 Å². The summed E-state index contributed by atoms with van der Waals surface area (Å²) in [5, 5.41) is 9.53. The van der Waals surface area contributed by atoms with E-state index in [-0.39, 0.29) is 6.03 Å². The molecule has 1 aromatic rings. The van der Waals surface area contributed by atoms with Crippen LogP contribution in [0.5, 0.6) is 0 Å². The summed E-state index contributed by atoms with van der Waals surface area (Å²) in [6.07, 6.45) is 1.30. The van der Waals surface area contributed by atoms with Crippen LogP contribution in [0.3, 0.4) is 0 Å². The van der Waals surface area contributed by atoms with Crippen molar-refractivity contribution in [1.29, 1.82) is 0 Å². The maximum absolute atomic E-state index is 11.1. The first-order valence-electron chi connectivity index (χ1n) is 4.85. The molecule has 2 amide bonds. The number of hydrogen-bond acceptors (Lipinski definition) is 5. The van der Waals surface area contributed by atoms with Crippen molar-refractivity contribution in [2.75, 3.05) is 26.2 Å². The molecule has 1 aliphatic heterocycles. The number of hydrogen-bond donors (Lipinski definition) is 2. The third-order valence-electron chi connectivity index (χ3n) is 2.19. The number of nitrogens with one attached hydrogen (secondary N) is 2. The summed E-state index contributed by atoms with van der Waals surface area (Å²) < 4.78 is 4.59. The Morgan fingerprint density at radius 1 is 1.67 bits per heavy atom. The molecule has 1 aliphatic rings. The van der Waals surface area contributed by atoms with E-state index in [1.807, 2.05) is 0 Å². The van der Waals surface area contributed by atoms with Gasteiger partial charge in [0.25, 0.3) is 0 Å². The van der Waals surface area contributed by atoms with Gasteiger partial charge in [0, 0.05) is 26.2 Å². The standard InChI is InChI=1S/C8H13N5O2/c14-8-10-2-4-13(8)3-1-9-5-7-11-6-15-12-7/h6,9H,1-5H2,(H,10,14). The molecule has 0 saturated carbocycles. The first-order chi connectivity index (χ1) is 7.36. The molecule has 2 rings (SSSR count). The first kappa shape index (κ1) is 9.91. The Morgan fingerprint density at radius 2 is 2.60 bits per heavy atom. The minimum absolute atomic E-state index is 0.0105. The van der Waals surface area contributed by atoms with Gasteiger partial charge in [-0.2, -0.15) is 4.98 Å². The van der Waals surface area contributed by atoms with Gasteiger partial charge in [0.15, 0.2) is 5.82 Å². The van der Waals surface area contributed by atoms with E-state index in [1.54, 1.807) is 4.90 Å². The molecule has 82 valence electrons. The fourth-order valence-corrected chi connectivity index (χ4v) is 1.41. The molecule has 0 radical (unpaired) electrons. The average Bonchev–Trinajstić information content (AvgIpc) is 2.85.